The molecule has 0 saturated heterocycles. The predicted octanol–water partition coefficient (Wildman–Crippen LogP) is 3.14. The van der Waals surface area contributed by atoms with Crippen LogP contribution in [0.3, 0.4) is 0 Å². The van der Waals surface area contributed by atoms with Crippen LogP contribution in [0.25, 0.3) is 11.0 Å². The van der Waals surface area contributed by atoms with Gasteiger partial charge in [0, 0.05) is 31.6 Å². The Balaban J connectivity index is 0.00000338. The van der Waals surface area contributed by atoms with Crippen molar-refractivity contribution >= 4 is 46.8 Å². The number of aryl methyl sites for hydroxylation is 1. The van der Waals surface area contributed by atoms with Gasteiger partial charge in [0.15, 0.2) is 5.96 Å². The number of amides is 1. The molecule has 0 spiro atoms. The molecule has 2 aromatic rings. The molecule has 0 atom stereocenters. The Morgan fingerprint density at radius 1 is 1.23 bits per heavy atom. The first-order valence-electron chi connectivity index (χ1n) is 8.57. The van der Waals surface area contributed by atoms with Gasteiger partial charge in [-0.1, -0.05) is 32.0 Å². The average molecular weight is 472 g/mol. The van der Waals surface area contributed by atoms with Crippen molar-refractivity contribution in [2.45, 2.75) is 27.3 Å². The van der Waals surface area contributed by atoms with Gasteiger partial charge in [-0.05, 0) is 18.9 Å². The Morgan fingerprint density at radius 3 is 2.54 bits per heavy atom. The third kappa shape index (κ3) is 6.19. The highest BCUT2D eigenvalue weighted by atomic mass is 127. The molecule has 1 aromatic carbocycles. The number of nitrogens with zero attached hydrogens (tertiary/aromatic N) is 2. The van der Waals surface area contributed by atoms with Gasteiger partial charge in [0.2, 0.25) is 5.91 Å². The van der Waals surface area contributed by atoms with E-state index in [1.807, 2.05) is 18.2 Å². The van der Waals surface area contributed by atoms with Crippen LogP contribution >= 0.6 is 24.0 Å². The maximum atomic E-state index is 11.8. The summed E-state index contributed by atoms with van der Waals surface area (Å²) in [7, 11) is 3.45. The van der Waals surface area contributed by atoms with Gasteiger partial charge in [0.05, 0.1) is 6.54 Å². The molecule has 1 amide bonds. The monoisotopic (exact) mass is 472 g/mol. The van der Waals surface area contributed by atoms with E-state index in [2.05, 4.69) is 42.5 Å². The standard InChI is InChI=1S/C19H28N4O2.HI/c1-13(2)10-20-19(22-12-18(24)23(4)5)21-11-17-14(3)15-8-6-7-9-16(15)25-17;/h6-9,13H,10-12H2,1-5H3,(H2,20,21,22);1H. The van der Waals surface area contributed by atoms with E-state index in [1.54, 1.807) is 14.1 Å². The number of halogens is 1. The number of rotatable bonds is 6. The number of aliphatic imine (C=N–C) groups is 1. The summed E-state index contributed by atoms with van der Waals surface area (Å²) in [6.45, 7) is 7.70. The van der Waals surface area contributed by atoms with Crippen LogP contribution in [0.1, 0.15) is 25.2 Å². The van der Waals surface area contributed by atoms with Crippen LogP contribution in [0.15, 0.2) is 33.7 Å². The smallest absolute Gasteiger partial charge is 0.243 e. The molecule has 2 rings (SSSR count). The Kier molecular flexibility index (Phi) is 8.91. The molecule has 1 aromatic heterocycles. The third-order valence-electron chi connectivity index (χ3n) is 3.91. The quantitative estimate of drug-likeness (QED) is 0.385. The van der Waals surface area contributed by atoms with Gasteiger partial charge in [-0.25, -0.2) is 4.99 Å². The summed E-state index contributed by atoms with van der Waals surface area (Å²) in [5.74, 6) is 1.93. The van der Waals surface area contributed by atoms with Crippen LogP contribution in [0.5, 0.6) is 0 Å². The number of para-hydroxylation sites is 1. The zero-order chi connectivity index (χ0) is 18.4. The van der Waals surface area contributed by atoms with E-state index in [0.717, 1.165) is 28.8 Å². The molecule has 6 nitrogen and oxygen atoms in total. The summed E-state index contributed by atoms with van der Waals surface area (Å²) >= 11 is 0. The number of carbonyl (C=O) groups excluding carboxylic acids is 1. The van der Waals surface area contributed by atoms with Crippen LogP contribution in [-0.4, -0.2) is 44.0 Å². The number of likely N-dealkylation sites (N-methyl/N-ethyl adjacent to an activating group) is 1. The van der Waals surface area contributed by atoms with Crippen molar-refractivity contribution < 1.29 is 9.21 Å². The van der Waals surface area contributed by atoms with Crippen molar-refractivity contribution in [3.05, 3.63) is 35.6 Å². The molecule has 26 heavy (non-hydrogen) atoms. The highest BCUT2D eigenvalue weighted by Crippen LogP contribution is 2.24. The zero-order valence-corrected chi connectivity index (χ0v) is 18.5. The van der Waals surface area contributed by atoms with Crippen molar-refractivity contribution in [3.63, 3.8) is 0 Å². The topological polar surface area (TPSA) is 69.9 Å². The number of guanidine groups is 1. The molecule has 0 fully saturated rings. The molecule has 0 aliphatic rings. The second-order valence-electron chi connectivity index (χ2n) is 6.73. The SMILES string of the molecule is Cc1c(CNC(=NCC(=O)N(C)C)NCC(C)C)oc2ccccc12.I. The van der Waals surface area contributed by atoms with Crippen LogP contribution in [0, 0.1) is 12.8 Å². The molecule has 144 valence electrons. The third-order valence-corrected chi connectivity index (χ3v) is 3.91. The number of hydrogen-bond donors (Lipinski definition) is 2. The molecule has 0 saturated carbocycles. The van der Waals surface area contributed by atoms with Gasteiger partial charge >= 0.3 is 0 Å². The van der Waals surface area contributed by atoms with Crippen molar-refractivity contribution in [1.29, 1.82) is 0 Å². The fourth-order valence-corrected chi connectivity index (χ4v) is 2.32. The molecular formula is C19H29IN4O2. The number of carbonyl (C=O) groups is 1. The lowest BCUT2D eigenvalue weighted by molar-refractivity contribution is -0.127. The van der Waals surface area contributed by atoms with E-state index in [1.165, 1.54) is 4.90 Å². The number of furan rings is 1. The van der Waals surface area contributed by atoms with Gasteiger partial charge < -0.3 is 20.0 Å². The van der Waals surface area contributed by atoms with Crippen LogP contribution in [-0.2, 0) is 11.3 Å². The molecule has 0 unspecified atom stereocenters. The maximum Gasteiger partial charge on any atom is 0.243 e. The first-order valence-corrected chi connectivity index (χ1v) is 8.57. The predicted molar refractivity (Wildman–Crippen MR) is 117 cm³/mol. The van der Waals surface area contributed by atoms with E-state index in [0.29, 0.717) is 18.4 Å². The van der Waals surface area contributed by atoms with E-state index < -0.39 is 0 Å². The first-order chi connectivity index (χ1) is 11.9. The fourth-order valence-electron chi connectivity index (χ4n) is 2.32. The number of hydrogen-bond acceptors (Lipinski definition) is 3. The minimum absolute atomic E-state index is 0. The van der Waals surface area contributed by atoms with Crippen LogP contribution in [0.2, 0.25) is 0 Å². The number of benzene rings is 1. The summed E-state index contributed by atoms with van der Waals surface area (Å²) in [6.07, 6.45) is 0. The van der Waals surface area contributed by atoms with Gasteiger partial charge in [0.1, 0.15) is 17.9 Å². The molecule has 2 N–H and O–H groups in total. The van der Waals surface area contributed by atoms with E-state index in [9.17, 15) is 4.79 Å². The van der Waals surface area contributed by atoms with Crippen molar-refractivity contribution in [1.82, 2.24) is 15.5 Å². The normalized spacial score (nSPS) is 11.4. The molecule has 0 radical (unpaired) electrons. The largest absolute Gasteiger partial charge is 0.459 e. The van der Waals surface area contributed by atoms with Gasteiger partial charge in [-0.3, -0.25) is 4.79 Å². The Hall–Kier alpha value is -1.77. The summed E-state index contributed by atoms with van der Waals surface area (Å²) in [6, 6.07) is 7.99. The van der Waals surface area contributed by atoms with Crippen molar-refractivity contribution in [2.24, 2.45) is 10.9 Å². The lowest BCUT2D eigenvalue weighted by atomic mass is 10.1. The van der Waals surface area contributed by atoms with Gasteiger partial charge in [-0.2, -0.15) is 0 Å². The zero-order valence-electron chi connectivity index (χ0n) is 16.1. The van der Waals surface area contributed by atoms with E-state index in [4.69, 9.17) is 4.42 Å². The highest BCUT2D eigenvalue weighted by molar-refractivity contribution is 14.0. The minimum atomic E-state index is -0.0365. The Bertz CT molecular complexity index is 753. The molecule has 0 bridgehead atoms. The van der Waals surface area contributed by atoms with Gasteiger partial charge in [-0.15, -0.1) is 24.0 Å². The second kappa shape index (κ2) is 10.4. The van der Waals surface area contributed by atoms with E-state index in [-0.39, 0.29) is 36.4 Å². The lowest BCUT2D eigenvalue weighted by Crippen LogP contribution is -2.39. The summed E-state index contributed by atoms with van der Waals surface area (Å²) in [4.78, 5) is 17.7. The minimum Gasteiger partial charge on any atom is -0.459 e. The van der Waals surface area contributed by atoms with Gasteiger partial charge in [0.25, 0.3) is 0 Å². The Labute approximate surface area is 172 Å². The summed E-state index contributed by atoms with van der Waals surface area (Å²) in [5, 5.41) is 7.65. The summed E-state index contributed by atoms with van der Waals surface area (Å²) < 4.78 is 5.92. The van der Waals surface area contributed by atoms with Crippen LogP contribution < -0.4 is 10.6 Å². The number of nitrogens with one attached hydrogen (secondary N) is 2. The molecular weight excluding hydrogens is 443 g/mol. The highest BCUT2D eigenvalue weighted by Gasteiger charge is 2.11. The van der Waals surface area contributed by atoms with E-state index >= 15 is 0 Å². The van der Waals surface area contributed by atoms with Crippen molar-refractivity contribution in [3.8, 4) is 0 Å². The molecule has 0 aliphatic carbocycles. The van der Waals surface area contributed by atoms with Crippen molar-refractivity contribution in [2.75, 3.05) is 27.2 Å². The second-order valence-corrected chi connectivity index (χ2v) is 6.73. The Morgan fingerprint density at radius 2 is 1.92 bits per heavy atom. The van der Waals surface area contributed by atoms with Crippen LogP contribution in [0.4, 0.5) is 0 Å². The molecule has 1 heterocycles. The maximum absolute atomic E-state index is 11.8. The number of fused-ring (bicyclic) bond motifs is 1. The first kappa shape index (κ1) is 22.3. The summed E-state index contributed by atoms with van der Waals surface area (Å²) in [5.41, 5.74) is 2.00. The molecule has 0 aliphatic heterocycles. The lowest BCUT2D eigenvalue weighted by Gasteiger charge is -2.14. The average Bonchev–Trinajstić information content (AvgIpc) is 2.90. The molecule has 7 heteroatoms. The fraction of sp³-hybridized carbons (Fsp3) is 0.474.